The number of hydrogen-bond acceptors (Lipinski definition) is 5. The molecule has 0 spiro atoms. The molecule has 6 heteroatoms. The number of aromatic nitrogens is 1. The van der Waals surface area contributed by atoms with Gasteiger partial charge in [0.1, 0.15) is 5.70 Å². The molecule has 3 rings (SSSR count). The minimum Gasteiger partial charge on any atom is -0.477 e. The van der Waals surface area contributed by atoms with Crippen molar-refractivity contribution in [2.75, 3.05) is 5.32 Å². The van der Waals surface area contributed by atoms with Gasteiger partial charge in [-0.25, -0.2) is 14.8 Å². The number of fused-ring (bicyclic) bond motifs is 1. The van der Waals surface area contributed by atoms with Gasteiger partial charge in [-0.3, -0.25) is 0 Å². The predicted molar refractivity (Wildman–Crippen MR) is 74.1 cm³/mol. The van der Waals surface area contributed by atoms with E-state index in [0.29, 0.717) is 17.2 Å². The van der Waals surface area contributed by atoms with Crippen molar-refractivity contribution in [3.05, 3.63) is 52.5 Å². The van der Waals surface area contributed by atoms with E-state index < -0.39 is 5.97 Å². The number of carboxylic acids is 1. The molecule has 0 saturated carbocycles. The predicted octanol–water partition coefficient (Wildman–Crippen LogP) is 2.66. The third kappa shape index (κ3) is 2.25. The Balaban J connectivity index is 2.17. The molecule has 0 aliphatic carbocycles. The van der Waals surface area contributed by atoms with Crippen molar-refractivity contribution in [3.8, 4) is 0 Å². The highest BCUT2D eigenvalue weighted by Crippen LogP contribution is 2.27. The molecule has 0 fully saturated rings. The summed E-state index contributed by atoms with van der Waals surface area (Å²) in [7, 11) is 0. The molecule has 0 aromatic carbocycles. The molecular formula is C13H9N3O2S. The molecule has 0 atom stereocenters. The lowest BCUT2D eigenvalue weighted by Crippen LogP contribution is -2.11. The molecule has 1 aliphatic heterocycles. The second-order valence-electron chi connectivity index (χ2n) is 3.84. The van der Waals surface area contributed by atoms with Gasteiger partial charge < -0.3 is 10.4 Å². The lowest BCUT2D eigenvalue weighted by molar-refractivity contribution is -0.132. The number of hydrogen-bond donors (Lipinski definition) is 2. The van der Waals surface area contributed by atoms with Crippen LogP contribution in [0.3, 0.4) is 0 Å². The van der Waals surface area contributed by atoms with Gasteiger partial charge in [0.05, 0.1) is 16.3 Å². The van der Waals surface area contributed by atoms with E-state index >= 15 is 0 Å². The van der Waals surface area contributed by atoms with Gasteiger partial charge in [0.2, 0.25) is 0 Å². The summed E-state index contributed by atoms with van der Waals surface area (Å²) in [6.07, 6.45) is 3.15. The molecular weight excluding hydrogens is 262 g/mol. The number of nitrogens with zero attached hydrogens (tertiary/aromatic N) is 2. The van der Waals surface area contributed by atoms with Crippen LogP contribution in [-0.2, 0) is 4.79 Å². The number of carbonyl (C=O) groups is 1. The Morgan fingerprint density at radius 3 is 2.95 bits per heavy atom. The van der Waals surface area contributed by atoms with Crippen LogP contribution in [0.2, 0.25) is 0 Å². The Kier molecular flexibility index (Phi) is 2.85. The van der Waals surface area contributed by atoms with Crippen molar-refractivity contribution in [1.82, 2.24) is 4.98 Å². The molecule has 0 bridgehead atoms. The van der Waals surface area contributed by atoms with Crippen molar-refractivity contribution in [2.24, 2.45) is 4.99 Å². The van der Waals surface area contributed by atoms with Crippen LogP contribution in [0.5, 0.6) is 0 Å². The maximum absolute atomic E-state index is 11.2. The summed E-state index contributed by atoms with van der Waals surface area (Å²) in [5, 5.41) is 14.0. The van der Waals surface area contributed by atoms with E-state index in [-0.39, 0.29) is 5.70 Å². The first-order valence-electron chi connectivity index (χ1n) is 5.53. The Hall–Kier alpha value is -2.47. The third-order valence-corrected chi connectivity index (χ3v) is 3.46. The lowest BCUT2D eigenvalue weighted by Gasteiger charge is -2.05. The van der Waals surface area contributed by atoms with Gasteiger partial charge in [-0.1, -0.05) is 6.07 Å². The van der Waals surface area contributed by atoms with E-state index in [1.54, 1.807) is 18.3 Å². The van der Waals surface area contributed by atoms with Crippen molar-refractivity contribution in [3.63, 3.8) is 0 Å². The quantitative estimate of drug-likeness (QED) is 0.880. The van der Waals surface area contributed by atoms with Crippen LogP contribution in [0.1, 0.15) is 4.88 Å². The van der Waals surface area contributed by atoms with E-state index in [1.807, 2.05) is 17.5 Å². The molecule has 19 heavy (non-hydrogen) atoms. The average molecular weight is 271 g/mol. The SMILES string of the molecule is O=C(O)C1=CC(c2cccs2)=Nc2ncccc2N1. The van der Waals surface area contributed by atoms with Crippen LogP contribution in [0.4, 0.5) is 11.5 Å². The van der Waals surface area contributed by atoms with Crippen molar-refractivity contribution in [1.29, 1.82) is 0 Å². The molecule has 1 aliphatic rings. The molecule has 2 N–H and O–H groups in total. The summed E-state index contributed by atoms with van der Waals surface area (Å²) in [4.78, 5) is 20.7. The standard InChI is InChI=1S/C13H9N3O2S/c17-13(18)10-7-9(11-4-2-6-19-11)16-12-8(15-10)3-1-5-14-12/h1-7,15H,(H,17,18). The number of anilines is 1. The second-order valence-corrected chi connectivity index (χ2v) is 4.78. The van der Waals surface area contributed by atoms with Crippen LogP contribution in [0, 0.1) is 0 Å². The third-order valence-electron chi connectivity index (χ3n) is 2.57. The monoisotopic (exact) mass is 271 g/mol. The average Bonchev–Trinajstić information content (AvgIpc) is 2.85. The molecule has 2 aromatic rings. The molecule has 0 amide bonds. The smallest absolute Gasteiger partial charge is 0.352 e. The maximum atomic E-state index is 11.2. The summed E-state index contributed by atoms with van der Waals surface area (Å²) in [5.41, 5.74) is 1.26. The topological polar surface area (TPSA) is 74.6 Å². The van der Waals surface area contributed by atoms with E-state index in [1.165, 1.54) is 17.4 Å². The number of aliphatic carboxylic acids is 1. The zero-order valence-corrected chi connectivity index (χ0v) is 10.5. The minimum atomic E-state index is -1.03. The maximum Gasteiger partial charge on any atom is 0.352 e. The van der Waals surface area contributed by atoms with E-state index in [0.717, 1.165) is 4.88 Å². The van der Waals surface area contributed by atoms with Gasteiger partial charge in [-0.2, -0.15) is 0 Å². The molecule has 94 valence electrons. The minimum absolute atomic E-state index is 0.0823. The first kappa shape index (κ1) is 11.6. The van der Waals surface area contributed by atoms with E-state index in [2.05, 4.69) is 15.3 Å². The second kappa shape index (κ2) is 4.66. The van der Waals surface area contributed by atoms with Crippen molar-refractivity contribution < 1.29 is 9.90 Å². The van der Waals surface area contributed by atoms with Crippen LogP contribution < -0.4 is 5.32 Å². The summed E-state index contributed by atoms with van der Waals surface area (Å²) in [5.74, 6) is -0.542. The Bertz CT molecular complexity index is 690. The number of nitrogens with one attached hydrogen (secondary N) is 1. The number of rotatable bonds is 2. The van der Waals surface area contributed by atoms with Gasteiger partial charge in [0.25, 0.3) is 0 Å². The molecule has 2 aromatic heterocycles. The number of carboxylic acid groups (broad SMARTS) is 1. The number of pyridine rings is 1. The highest BCUT2D eigenvalue weighted by atomic mass is 32.1. The Labute approximate surface area is 113 Å². The van der Waals surface area contributed by atoms with E-state index in [9.17, 15) is 9.90 Å². The van der Waals surface area contributed by atoms with Gasteiger partial charge >= 0.3 is 5.97 Å². The fraction of sp³-hybridized carbons (Fsp3) is 0. The molecule has 0 unspecified atom stereocenters. The van der Waals surface area contributed by atoms with Crippen LogP contribution in [-0.4, -0.2) is 21.8 Å². The highest BCUT2D eigenvalue weighted by Gasteiger charge is 2.17. The first-order chi connectivity index (χ1) is 9.24. The molecule has 5 nitrogen and oxygen atoms in total. The largest absolute Gasteiger partial charge is 0.477 e. The van der Waals surface area contributed by atoms with Crippen molar-refractivity contribution >= 4 is 34.5 Å². The lowest BCUT2D eigenvalue weighted by atomic mass is 10.2. The zero-order valence-electron chi connectivity index (χ0n) is 9.70. The summed E-state index contributed by atoms with van der Waals surface area (Å²) in [6.45, 7) is 0. The Morgan fingerprint density at radius 1 is 1.32 bits per heavy atom. The van der Waals surface area contributed by atoms with Gasteiger partial charge in [-0.15, -0.1) is 11.3 Å². The normalized spacial score (nSPS) is 13.7. The zero-order chi connectivity index (χ0) is 13.2. The highest BCUT2D eigenvalue weighted by molar-refractivity contribution is 7.12. The van der Waals surface area contributed by atoms with Gasteiger partial charge in [0, 0.05) is 6.20 Å². The van der Waals surface area contributed by atoms with E-state index in [4.69, 9.17) is 0 Å². The molecule has 0 saturated heterocycles. The van der Waals surface area contributed by atoms with Crippen LogP contribution in [0.15, 0.2) is 52.6 Å². The molecule has 0 radical (unpaired) electrons. The summed E-state index contributed by atoms with van der Waals surface area (Å²) < 4.78 is 0. The fourth-order valence-corrected chi connectivity index (χ4v) is 2.40. The van der Waals surface area contributed by atoms with Gasteiger partial charge in [-0.05, 0) is 29.7 Å². The number of aliphatic imine (C=N–C) groups is 1. The number of allylic oxidation sites excluding steroid dienone is 1. The fourth-order valence-electron chi connectivity index (χ4n) is 1.71. The van der Waals surface area contributed by atoms with Gasteiger partial charge in [0.15, 0.2) is 5.82 Å². The van der Waals surface area contributed by atoms with Crippen LogP contribution >= 0.6 is 11.3 Å². The first-order valence-corrected chi connectivity index (χ1v) is 6.41. The molecule has 3 heterocycles. The van der Waals surface area contributed by atoms with Crippen molar-refractivity contribution in [2.45, 2.75) is 0 Å². The number of thiophene rings is 1. The van der Waals surface area contributed by atoms with Crippen LogP contribution in [0.25, 0.3) is 0 Å². The summed E-state index contributed by atoms with van der Waals surface area (Å²) in [6, 6.07) is 7.28. The Morgan fingerprint density at radius 2 is 2.21 bits per heavy atom. The summed E-state index contributed by atoms with van der Waals surface area (Å²) >= 11 is 1.50.